The maximum Gasteiger partial charge on any atom is 0.494 e. The zero-order chi connectivity index (χ0) is 23.4. The third-order valence-electron chi connectivity index (χ3n) is 6.56. The molecule has 1 saturated heterocycles. The monoisotopic (exact) mass is 461 g/mol. The van der Waals surface area contributed by atoms with Gasteiger partial charge in [-0.25, -0.2) is 12.8 Å². The van der Waals surface area contributed by atoms with Crippen LogP contribution in [0.25, 0.3) is 0 Å². The molecule has 2 aromatic carbocycles. The smallest absolute Gasteiger partial charge is 0.480 e. The van der Waals surface area contributed by atoms with Gasteiger partial charge in [0.25, 0.3) is 0 Å². The molecule has 1 aliphatic heterocycles. The van der Waals surface area contributed by atoms with Gasteiger partial charge in [0.05, 0.1) is 22.6 Å². The fourth-order valence-corrected chi connectivity index (χ4v) is 4.25. The number of sulfonamides is 1. The van der Waals surface area contributed by atoms with Gasteiger partial charge in [0, 0.05) is 0 Å². The number of nitrogens with one attached hydrogen (secondary N) is 1. The van der Waals surface area contributed by atoms with Gasteiger partial charge in [-0.15, -0.1) is 0 Å². The van der Waals surface area contributed by atoms with Crippen LogP contribution in [0.4, 0.5) is 10.1 Å². The number of halogens is 1. The minimum Gasteiger partial charge on any atom is -0.480 e. The molecular weight excluding hydrogens is 432 g/mol. The molecule has 2 fully saturated rings. The van der Waals surface area contributed by atoms with E-state index in [4.69, 9.17) is 14.0 Å². The first-order valence-electron chi connectivity index (χ1n) is 10.8. The van der Waals surface area contributed by atoms with Crippen molar-refractivity contribution in [1.29, 1.82) is 0 Å². The summed E-state index contributed by atoms with van der Waals surface area (Å²) in [5.74, 6) is 0.00824. The molecule has 1 aliphatic carbocycles. The predicted molar refractivity (Wildman–Crippen MR) is 123 cm³/mol. The maximum absolute atomic E-state index is 13.4. The fourth-order valence-electron chi connectivity index (χ4n) is 3.60. The van der Waals surface area contributed by atoms with E-state index in [0.717, 1.165) is 23.9 Å². The van der Waals surface area contributed by atoms with Crippen LogP contribution in [0, 0.1) is 5.82 Å². The Bertz CT molecular complexity index is 1100. The Morgan fingerprint density at radius 2 is 1.62 bits per heavy atom. The first-order chi connectivity index (χ1) is 14.9. The van der Waals surface area contributed by atoms with Crippen LogP contribution in [-0.4, -0.2) is 32.5 Å². The molecule has 0 radical (unpaired) electrons. The number of hydrogen-bond donors (Lipinski definition) is 1. The van der Waals surface area contributed by atoms with E-state index in [1.165, 1.54) is 12.1 Å². The molecule has 1 saturated carbocycles. The second kappa shape index (κ2) is 7.75. The minimum absolute atomic E-state index is 0.0610. The van der Waals surface area contributed by atoms with Crippen molar-refractivity contribution in [2.24, 2.45) is 0 Å². The number of hydrogen-bond acceptors (Lipinski definition) is 5. The molecule has 6 nitrogen and oxygen atoms in total. The van der Waals surface area contributed by atoms with Gasteiger partial charge >= 0.3 is 7.12 Å². The van der Waals surface area contributed by atoms with Gasteiger partial charge in [0.15, 0.2) is 0 Å². The quantitative estimate of drug-likeness (QED) is 0.633. The summed E-state index contributed by atoms with van der Waals surface area (Å²) in [5, 5.41) is 0. The summed E-state index contributed by atoms with van der Waals surface area (Å²) in [4.78, 5) is 0. The van der Waals surface area contributed by atoms with Crippen LogP contribution in [-0.2, 0) is 24.9 Å². The molecule has 0 aromatic heterocycles. The highest BCUT2D eigenvalue weighted by Gasteiger charge is 2.52. The zero-order valence-corrected chi connectivity index (χ0v) is 19.9. The van der Waals surface area contributed by atoms with E-state index < -0.39 is 33.9 Å². The summed E-state index contributed by atoms with van der Waals surface area (Å²) < 4.78 is 59.3. The van der Waals surface area contributed by atoms with Gasteiger partial charge in [-0.2, -0.15) is 0 Å². The number of anilines is 1. The highest BCUT2D eigenvalue weighted by molar-refractivity contribution is 7.92. The van der Waals surface area contributed by atoms with Gasteiger partial charge < -0.3 is 14.0 Å². The molecular formula is C23H29BFNO5S. The van der Waals surface area contributed by atoms with Crippen molar-refractivity contribution in [3.05, 3.63) is 53.8 Å². The Kier molecular flexibility index (Phi) is 5.59. The summed E-state index contributed by atoms with van der Waals surface area (Å²) in [6, 6.07) is 11.4. The second-order valence-electron chi connectivity index (χ2n) is 9.45. The molecule has 0 atom stereocenters. The Morgan fingerprint density at radius 3 is 2.16 bits per heavy atom. The largest absolute Gasteiger partial charge is 0.494 e. The van der Waals surface area contributed by atoms with Crippen LogP contribution in [0.3, 0.4) is 0 Å². The van der Waals surface area contributed by atoms with Crippen molar-refractivity contribution in [2.45, 2.75) is 64.3 Å². The molecule has 32 heavy (non-hydrogen) atoms. The molecule has 0 unspecified atom stereocenters. The van der Waals surface area contributed by atoms with Gasteiger partial charge in [-0.1, -0.05) is 18.2 Å². The number of ether oxygens (including phenoxy) is 1. The van der Waals surface area contributed by atoms with Crippen molar-refractivity contribution in [3.8, 4) is 5.75 Å². The highest BCUT2D eigenvalue weighted by Crippen LogP contribution is 2.50. The average molecular weight is 461 g/mol. The Balaban J connectivity index is 1.70. The van der Waals surface area contributed by atoms with E-state index in [9.17, 15) is 12.8 Å². The first-order valence-corrected chi connectivity index (χ1v) is 12.5. The molecule has 172 valence electrons. The summed E-state index contributed by atoms with van der Waals surface area (Å²) in [7, 11) is -4.12. The molecule has 4 rings (SSSR count). The number of rotatable bonds is 7. The van der Waals surface area contributed by atoms with Crippen LogP contribution in [0.1, 0.15) is 53.0 Å². The third kappa shape index (κ3) is 4.38. The summed E-state index contributed by atoms with van der Waals surface area (Å²) in [6.07, 6.45) is 1.50. The predicted octanol–water partition coefficient (Wildman–Crippen LogP) is 3.95. The molecule has 2 aliphatic rings. The average Bonchev–Trinajstić information content (AvgIpc) is 3.44. The Morgan fingerprint density at radius 1 is 1.03 bits per heavy atom. The summed E-state index contributed by atoms with van der Waals surface area (Å²) in [6.45, 7) is 9.47. The highest BCUT2D eigenvalue weighted by atomic mass is 32.2. The summed E-state index contributed by atoms with van der Waals surface area (Å²) in [5.41, 5.74) is 0.298. The van der Waals surface area contributed by atoms with E-state index >= 15 is 0 Å². The lowest BCUT2D eigenvalue weighted by atomic mass is 9.79. The van der Waals surface area contributed by atoms with E-state index in [1.807, 2.05) is 27.7 Å². The van der Waals surface area contributed by atoms with Crippen molar-refractivity contribution in [3.63, 3.8) is 0 Å². The van der Waals surface area contributed by atoms with Gasteiger partial charge in [0.2, 0.25) is 10.0 Å². The van der Waals surface area contributed by atoms with E-state index in [-0.39, 0.29) is 11.6 Å². The number of benzene rings is 2. The molecule has 2 aromatic rings. The van der Waals surface area contributed by atoms with Crippen LogP contribution in [0.5, 0.6) is 5.75 Å². The van der Waals surface area contributed by atoms with Crippen LogP contribution < -0.4 is 14.9 Å². The topological polar surface area (TPSA) is 73.9 Å². The van der Waals surface area contributed by atoms with E-state index in [2.05, 4.69) is 4.72 Å². The lowest BCUT2D eigenvalue weighted by Gasteiger charge is -2.32. The molecule has 0 spiro atoms. The van der Waals surface area contributed by atoms with Gasteiger partial charge in [-0.3, -0.25) is 4.72 Å². The normalized spacial score (nSPS) is 20.8. The van der Waals surface area contributed by atoms with E-state index in [0.29, 0.717) is 11.4 Å². The van der Waals surface area contributed by atoms with Crippen molar-refractivity contribution >= 4 is 28.3 Å². The third-order valence-corrected chi connectivity index (χ3v) is 7.85. The van der Waals surface area contributed by atoms with Crippen LogP contribution in [0.15, 0.2) is 42.5 Å². The lowest BCUT2D eigenvalue weighted by Crippen LogP contribution is -2.41. The Hall–Kier alpha value is -2.10. The molecule has 0 bridgehead atoms. The molecule has 1 heterocycles. The standard InChI is InChI=1S/C23H29BFNO5S/c1-6-32(27,28)26-19-12-9-17(24-30-21(2,3)22(4,5)31-24)15-20(19)29-23(13-14-23)16-7-10-18(25)11-8-16/h7-12,15,26H,6,13-14H2,1-5H3. The van der Waals surface area contributed by atoms with Gasteiger partial charge in [0.1, 0.15) is 17.2 Å². The van der Waals surface area contributed by atoms with Crippen molar-refractivity contribution < 1.29 is 26.9 Å². The van der Waals surface area contributed by atoms with Crippen molar-refractivity contribution in [2.75, 3.05) is 10.5 Å². The SMILES string of the molecule is CCS(=O)(=O)Nc1ccc(B2OC(C)(C)C(C)(C)O2)cc1OC1(c2ccc(F)cc2)CC1. The second-order valence-corrected chi connectivity index (χ2v) is 11.5. The van der Waals surface area contributed by atoms with Crippen LogP contribution >= 0.6 is 0 Å². The Labute approximate surface area is 189 Å². The maximum atomic E-state index is 13.4. The van der Waals surface area contributed by atoms with Gasteiger partial charge in [-0.05, 0) is 82.8 Å². The molecule has 1 N–H and O–H groups in total. The fraction of sp³-hybridized carbons (Fsp3) is 0.478. The van der Waals surface area contributed by atoms with Crippen LogP contribution in [0.2, 0.25) is 0 Å². The lowest BCUT2D eigenvalue weighted by molar-refractivity contribution is 0.00578. The molecule has 9 heteroatoms. The first kappa shape index (κ1) is 23.1. The zero-order valence-electron chi connectivity index (χ0n) is 19.1. The van der Waals surface area contributed by atoms with E-state index in [1.54, 1.807) is 37.3 Å². The summed E-state index contributed by atoms with van der Waals surface area (Å²) >= 11 is 0. The molecule has 0 amide bonds. The minimum atomic E-state index is -3.51. The van der Waals surface area contributed by atoms with Crippen molar-refractivity contribution in [1.82, 2.24) is 0 Å².